The highest BCUT2D eigenvalue weighted by Gasteiger charge is 2.30. The van der Waals surface area contributed by atoms with Crippen LogP contribution in [0.5, 0.6) is 5.75 Å². The van der Waals surface area contributed by atoms with Gasteiger partial charge in [-0.1, -0.05) is 30.3 Å². The van der Waals surface area contributed by atoms with Crippen molar-refractivity contribution in [2.45, 2.75) is 12.9 Å². The van der Waals surface area contributed by atoms with Crippen LogP contribution in [0.1, 0.15) is 5.56 Å². The van der Waals surface area contributed by atoms with Gasteiger partial charge in [0.15, 0.2) is 0 Å². The van der Waals surface area contributed by atoms with Gasteiger partial charge in [-0.25, -0.2) is 0 Å². The maximum Gasteiger partial charge on any atom is 0.573 e. The number of halogens is 3. The topological polar surface area (TPSA) is 70.7 Å². The molecule has 2 aromatic carbocycles. The van der Waals surface area contributed by atoms with Crippen LogP contribution in [0, 0.1) is 0 Å². The van der Waals surface area contributed by atoms with Crippen molar-refractivity contribution in [3.8, 4) is 5.75 Å². The van der Waals surface area contributed by atoms with Gasteiger partial charge in [0, 0.05) is 12.2 Å². The van der Waals surface area contributed by atoms with Gasteiger partial charge in [0.2, 0.25) is 11.8 Å². The van der Waals surface area contributed by atoms with Gasteiger partial charge in [-0.05, 0) is 36.9 Å². The molecule has 0 saturated carbocycles. The Hall–Kier alpha value is -3.07. The van der Waals surface area contributed by atoms with E-state index in [2.05, 4.69) is 15.4 Å². The van der Waals surface area contributed by atoms with Crippen LogP contribution in [0.4, 0.5) is 18.9 Å². The summed E-state index contributed by atoms with van der Waals surface area (Å²) in [4.78, 5) is 25.5. The van der Waals surface area contributed by atoms with E-state index in [9.17, 15) is 22.8 Å². The molecule has 0 bridgehead atoms. The summed E-state index contributed by atoms with van der Waals surface area (Å²) in [5.74, 6) is -1.01. The molecule has 0 heterocycles. The third-order valence-electron chi connectivity index (χ3n) is 3.53. The van der Waals surface area contributed by atoms with Crippen molar-refractivity contribution in [1.29, 1.82) is 0 Å². The molecule has 150 valence electrons. The fourth-order valence-corrected chi connectivity index (χ4v) is 2.34. The van der Waals surface area contributed by atoms with Crippen LogP contribution in [0.15, 0.2) is 54.6 Å². The minimum Gasteiger partial charge on any atom is -0.406 e. The van der Waals surface area contributed by atoms with Gasteiger partial charge >= 0.3 is 6.36 Å². The summed E-state index contributed by atoms with van der Waals surface area (Å²) in [6, 6.07) is 14.2. The lowest BCUT2D eigenvalue weighted by Gasteiger charge is -2.16. The second-order valence-electron chi connectivity index (χ2n) is 6.05. The van der Waals surface area contributed by atoms with Gasteiger partial charge in [-0.2, -0.15) is 0 Å². The number of alkyl halides is 3. The molecule has 0 fully saturated rings. The molecule has 0 aromatic heterocycles. The number of amides is 2. The van der Waals surface area contributed by atoms with Crippen LogP contribution >= 0.6 is 0 Å². The number of hydrogen-bond acceptors (Lipinski definition) is 4. The molecule has 0 saturated heterocycles. The predicted molar refractivity (Wildman–Crippen MR) is 97.5 cm³/mol. The van der Waals surface area contributed by atoms with Crippen molar-refractivity contribution in [3.63, 3.8) is 0 Å². The average molecular weight is 395 g/mol. The Morgan fingerprint density at radius 1 is 0.964 bits per heavy atom. The van der Waals surface area contributed by atoms with Gasteiger partial charge in [0.25, 0.3) is 0 Å². The summed E-state index contributed by atoms with van der Waals surface area (Å²) in [5.41, 5.74) is 1.29. The first-order chi connectivity index (χ1) is 13.2. The maximum absolute atomic E-state index is 12.1. The standard InChI is InChI=1S/C19H20F3N3O3/c1-25(12-17(26)23-11-14-5-3-2-4-6-14)13-18(27)24-15-7-9-16(10-8-15)28-19(20,21)22/h2-10H,11-13H2,1H3,(H,23,26)(H,24,27). The minimum atomic E-state index is -4.77. The SMILES string of the molecule is CN(CC(=O)NCc1ccccc1)CC(=O)Nc1ccc(OC(F)(F)F)cc1. The number of carbonyl (C=O) groups excluding carboxylic acids is 2. The van der Waals surface area contributed by atoms with Crippen molar-refractivity contribution < 1.29 is 27.5 Å². The summed E-state index contributed by atoms with van der Waals surface area (Å²) < 4.78 is 40.1. The van der Waals surface area contributed by atoms with Crippen molar-refractivity contribution in [2.75, 3.05) is 25.5 Å². The summed E-state index contributed by atoms with van der Waals surface area (Å²) in [6.45, 7) is 0.365. The molecule has 9 heteroatoms. The first-order valence-corrected chi connectivity index (χ1v) is 8.36. The zero-order valence-corrected chi connectivity index (χ0v) is 15.1. The van der Waals surface area contributed by atoms with E-state index in [1.807, 2.05) is 30.3 Å². The monoisotopic (exact) mass is 395 g/mol. The smallest absolute Gasteiger partial charge is 0.406 e. The van der Waals surface area contributed by atoms with Crippen molar-refractivity contribution in [2.24, 2.45) is 0 Å². The summed E-state index contributed by atoms with van der Waals surface area (Å²) >= 11 is 0. The quantitative estimate of drug-likeness (QED) is 0.721. The summed E-state index contributed by atoms with van der Waals surface area (Å²) in [6.07, 6.45) is -4.77. The van der Waals surface area contributed by atoms with E-state index in [0.29, 0.717) is 12.2 Å². The first kappa shape index (κ1) is 21.2. The van der Waals surface area contributed by atoms with Crippen LogP contribution in [-0.2, 0) is 16.1 Å². The van der Waals surface area contributed by atoms with Gasteiger partial charge in [-0.15, -0.1) is 13.2 Å². The van der Waals surface area contributed by atoms with Crippen LogP contribution in [0.2, 0.25) is 0 Å². The molecule has 0 radical (unpaired) electrons. The van der Waals surface area contributed by atoms with Gasteiger partial charge in [-0.3, -0.25) is 14.5 Å². The predicted octanol–water partition coefficient (Wildman–Crippen LogP) is 2.77. The fraction of sp³-hybridized carbons (Fsp3) is 0.263. The minimum absolute atomic E-state index is 0.0264. The molecule has 0 aliphatic carbocycles. The number of carbonyl (C=O) groups is 2. The number of hydrogen-bond donors (Lipinski definition) is 2. The molecule has 2 N–H and O–H groups in total. The molecule has 28 heavy (non-hydrogen) atoms. The highest BCUT2D eigenvalue weighted by Crippen LogP contribution is 2.23. The molecular weight excluding hydrogens is 375 g/mol. The zero-order valence-electron chi connectivity index (χ0n) is 15.1. The second-order valence-corrected chi connectivity index (χ2v) is 6.05. The summed E-state index contributed by atoms with van der Waals surface area (Å²) in [5, 5.41) is 5.30. The molecule has 6 nitrogen and oxygen atoms in total. The number of ether oxygens (including phenoxy) is 1. The zero-order chi connectivity index (χ0) is 20.6. The lowest BCUT2D eigenvalue weighted by atomic mass is 10.2. The lowest BCUT2D eigenvalue weighted by molar-refractivity contribution is -0.274. The Labute approximate surface area is 160 Å². The van der Waals surface area contributed by atoms with Crippen LogP contribution < -0.4 is 15.4 Å². The van der Waals surface area contributed by atoms with E-state index in [1.165, 1.54) is 17.0 Å². The van der Waals surface area contributed by atoms with Crippen LogP contribution in [0.25, 0.3) is 0 Å². The van der Waals surface area contributed by atoms with E-state index >= 15 is 0 Å². The molecule has 0 spiro atoms. The van der Waals surface area contributed by atoms with Crippen LogP contribution in [0.3, 0.4) is 0 Å². The molecule has 2 aromatic rings. The molecule has 0 unspecified atom stereocenters. The molecule has 0 atom stereocenters. The number of likely N-dealkylation sites (N-methyl/N-ethyl adjacent to an activating group) is 1. The van der Waals surface area contributed by atoms with Crippen molar-refractivity contribution in [3.05, 3.63) is 60.2 Å². The Kier molecular flexibility index (Phi) is 7.39. The Morgan fingerprint density at radius 2 is 1.57 bits per heavy atom. The fourth-order valence-electron chi connectivity index (χ4n) is 2.34. The molecule has 2 amide bonds. The van der Waals surface area contributed by atoms with E-state index in [1.54, 1.807) is 7.05 Å². The van der Waals surface area contributed by atoms with E-state index in [0.717, 1.165) is 17.7 Å². The van der Waals surface area contributed by atoms with Crippen molar-refractivity contribution >= 4 is 17.5 Å². The third-order valence-corrected chi connectivity index (χ3v) is 3.53. The van der Waals surface area contributed by atoms with Gasteiger partial charge in [0.05, 0.1) is 13.1 Å². The van der Waals surface area contributed by atoms with Crippen molar-refractivity contribution in [1.82, 2.24) is 10.2 Å². The van der Waals surface area contributed by atoms with E-state index < -0.39 is 12.3 Å². The lowest BCUT2D eigenvalue weighted by Crippen LogP contribution is -2.38. The molecule has 0 aliphatic heterocycles. The Bertz CT molecular complexity index is 781. The number of benzene rings is 2. The Balaban J connectivity index is 1.73. The van der Waals surface area contributed by atoms with E-state index in [-0.39, 0.29) is 24.7 Å². The number of rotatable bonds is 8. The van der Waals surface area contributed by atoms with Gasteiger partial charge < -0.3 is 15.4 Å². The van der Waals surface area contributed by atoms with Gasteiger partial charge in [0.1, 0.15) is 5.75 Å². The average Bonchev–Trinajstić information content (AvgIpc) is 2.61. The first-order valence-electron chi connectivity index (χ1n) is 8.36. The number of anilines is 1. The van der Waals surface area contributed by atoms with Crippen LogP contribution in [-0.4, -0.2) is 43.2 Å². The summed E-state index contributed by atoms with van der Waals surface area (Å²) in [7, 11) is 1.61. The second kappa shape index (κ2) is 9.75. The molecule has 2 rings (SSSR count). The molecule has 0 aliphatic rings. The number of nitrogens with one attached hydrogen (secondary N) is 2. The Morgan fingerprint density at radius 3 is 2.18 bits per heavy atom. The highest BCUT2D eigenvalue weighted by atomic mass is 19.4. The molecular formula is C19H20F3N3O3. The van der Waals surface area contributed by atoms with E-state index in [4.69, 9.17) is 0 Å². The highest BCUT2D eigenvalue weighted by molar-refractivity contribution is 5.92. The largest absolute Gasteiger partial charge is 0.573 e. The normalized spacial score (nSPS) is 11.2. The third kappa shape index (κ3) is 8.09. The maximum atomic E-state index is 12.1. The number of nitrogens with zero attached hydrogens (tertiary/aromatic N) is 1.